The molecule has 114 valence electrons. The monoisotopic (exact) mass is 314 g/mol. The molecule has 0 aliphatic heterocycles. The lowest BCUT2D eigenvalue weighted by Crippen LogP contribution is -2.18. The van der Waals surface area contributed by atoms with Gasteiger partial charge in [-0.05, 0) is 36.0 Å². The summed E-state index contributed by atoms with van der Waals surface area (Å²) in [7, 11) is 0. The Kier molecular flexibility index (Phi) is 3.53. The molecule has 3 rings (SSSR count). The zero-order valence-electron chi connectivity index (χ0n) is 12.8. The van der Waals surface area contributed by atoms with Crippen LogP contribution < -0.4 is 11.1 Å². The second-order valence-corrected chi connectivity index (χ2v) is 6.88. The van der Waals surface area contributed by atoms with Gasteiger partial charge in [-0.2, -0.15) is 0 Å². The van der Waals surface area contributed by atoms with Gasteiger partial charge in [0.15, 0.2) is 0 Å². The normalized spacial score (nSPS) is 15.9. The quantitative estimate of drug-likeness (QED) is 0.891. The fourth-order valence-electron chi connectivity index (χ4n) is 3.10. The average Bonchev–Trinajstić information content (AvgIpc) is 2.76. The zero-order chi connectivity index (χ0) is 16.0. The summed E-state index contributed by atoms with van der Waals surface area (Å²) in [5, 5.41) is 3.31. The third-order valence-electron chi connectivity index (χ3n) is 4.04. The van der Waals surface area contributed by atoms with Crippen LogP contribution in [0.1, 0.15) is 46.8 Å². The summed E-state index contributed by atoms with van der Waals surface area (Å²) in [6.07, 6.45) is 0.764. The fourth-order valence-corrected chi connectivity index (χ4v) is 4.42. The molecule has 0 saturated heterocycles. The smallest absolute Gasteiger partial charge is 0.252 e. The number of amides is 2. The Morgan fingerprint density at radius 2 is 2.09 bits per heavy atom. The van der Waals surface area contributed by atoms with E-state index in [0.29, 0.717) is 16.5 Å². The minimum absolute atomic E-state index is 0.196. The molecule has 0 fully saturated rings. The molecule has 2 aromatic rings. The van der Waals surface area contributed by atoms with Gasteiger partial charge in [-0.15, -0.1) is 11.3 Å². The van der Waals surface area contributed by atoms with E-state index in [9.17, 15) is 9.59 Å². The molecule has 3 N–H and O–H groups in total. The summed E-state index contributed by atoms with van der Waals surface area (Å²) in [6, 6.07) is 6.40. The summed E-state index contributed by atoms with van der Waals surface area (Å²) < 4.78 is 0. The summed E-state index contributed by atoms with van der Waals surface area (Å²) in [5.74, 6) is -0.357. The molecule has 5 heteroatoms. The Balaban J connectivity index is 2.26. The molecule has 4 nitrogen and oxygen atoms in total. The highest BCUT2D eigenvalue weighted by Crippen LogP contribution is 2.48. The van der Waals surface area contributed by atoms with Gasteiger partial charge in [0.25, 0.3) is 5.91 Å². The Hall–Kier alpha value is -2.14. The number of carbonyl (C=O) groups is 2. The van der Waals surface area contributed by atoms with Gasteiger partial charge in [-0.1, -0.05) is 30.7 Å². The molecule has 2 amide bonds. The molecule has 22 heavy (non-hydrogen) atoms. The van der Waals surface area contributed by atoms with E-state index < -0.39 is 5.91 Å². The highest BCUT2D eigenvalue weighted by atomic mass is 32.1. The first-order valence-electron chi connectivity index (χ1n) is 7.22. The molecule has 1 aromatic carbocycles. The summed E-state index contributed by atoms with van der Waals surface area (Å²) >= 11 is 1.44. The van der Waals surface area contributed by atoms with E-state index in [-0.39, 0.29) is 5.91 Å². The largest absolute Gasteiger partial charge is 0.365 e. The lowest BCUT2D eigenvalue weighted by atomic mass is 9.81. The minimum atomic E-state index is -0.482. The molecule has 1 unspecified atom stereocenters. The van der Waals surface area contributed by atoms with Crippen molar-refractivity contribution in [3.8, 4) is 10.4 Å². The molecule has 1 heterocycles. The lowest BCUT2D eigenvalue weighted by Gasteiger charge is -2.23. The Morgan fingerprint density at radius 1 is 1.36 bits per heavy atom. The molecular formula is C17H18N2O2S. The van der Waals surface area contributed by atoms with Crippen molar-refractivity contribution in [2.75, 3.05) is 5.32 Å². The number of anilines is 1. The van der Waals surface area contributed by atoms with Crippen molar-refractivity contribution < 1.29 is 9.59 Å². The molecule has 1 atom stereocenters. The average molecular weight is 314 g/mol. The maximum Gasteiger partial charge on any atom is 0.252 e. The Labute approximate surface area is 133 Å². The first-order chi connectivity index (χ1) is 10.4. The van der Waals surface area contributed by atoms with E-state index in [2.05, 4.69) is 37.4 Å². The number of hydrogen-bond acceptors (Lipinski definition) is 3. The van der Waals surface area contributed by atoms with Crippen molar-refractivity contribution in [1.82, 2.24) is 0 Å². The van der Waals surface area contributed by atoms with E-state index in [4.69, 9.17) is 5.73 Å². The number of benzene rings is 1. The summed E-state index contributed by atoms with van der Waals surface area (Å²) in [5.41, 5.74) is 10.6. The molecule has 0 bridgehead atoms. The third-order valence-corrected chi connectivity index (χ3v) is 5.22. The second kappa shape index (κ2) is 5.25. The minimum Gasteiger partial charge on any atom is -0.365 e. The maximum atomic E-state index is 11.9. The molecule has 1 aliphatic carbocycles. The molecule has 0 radical (unpaired) electrons. The van der Waals surface area contributed by atoms with Crippen LogP contribution in [-0.2, 0) is 11.2 Å². The van der Waals surface area contributed by atoms with Crippen molar-refractivity contribution in [3.05, 3.63) is 40.5 Å². The first kappa shape index (κ1) is 14.8. The van der Waals surface area contributed by atoms with Gasteiger partial charge in [0, 0.05) is 11.8 Å². The van der Waals surface area contributed by atoms with Crippen LogP contribution >= 0.6 is 11.3 Å². The topological polar surface area (TPSA) is 72.2 Å². The van der Waals surface area contributed by atoms with Crippen molar-refractivity contribution in [3.63, 3.8) is 0 Å². The molecule has 0 saturated carbocycles. The molecular weight excluding hydrogens is 296 g/mol. The number of primary amides is 1. The van der Waals surface area contributed by atoms with Gasteiger partial charge in [0.05, 0.1) is 5.56 Å². The zero-order valence-corrected chi connectivity index (χ0v) is 13.6. The number of nitrogens with two attached hydrogens (primary N) is 1. The van der Waals surface area contributed by atoms with Gasteiger partial charge in [0.2, 0.25) is 5.91 Å². The van der Waals surface area contributed by atoms with Crippen molar-refractivity contribution in [2.45, 2.75) is 33.1 Å². The lowest BCUT2D eigenvalue weighted by molar-refractivity contribution is -0.114. The predicted octanol–water partition coefficient (Wildman–Crippen LogP) is 3.44. The highest BCUT2D eigenvalue weighted by molar-refractivity contribution is 7.20. The summed E-state index contributed by atoms with van der Waals surface area (Å²) in [6.45, 7) is 5.64. The van der Waals surface area contributed by atoms with E-state index >= 15 is 0 Å². The molecule has 1 aromatic heterocycles. The van der Waals surface area contributed by atoms with Crippen LogP contribution in [0.15, 0.2) is 18.2 Å². The maximum absolute atomic E-state index is 11.9. The number of thiophene rings is 1. The van der Waals surface area contributed by atoms with E-state index in [1.54, 1.807) is 0 Å². The van der Waals surface area contributed by atoms with Crippen molar-refractivity contribution in [1.29, 1.82) is 0 Å². The highest BCUT2D eigenvalue weighted by Gasteiger charge is 2.30. The van der Waals surface area contributed by atoms with Crippen molar-refractivity contribution in [2.24, 2.45) is 5.73 Å². The van der Waals surface area contributed by atoms with Crippen LogP contribution in [0.5, 0.6) is 0 Å². The van der Waals surface area contributed by atoms with E-state index in [1.165, 1.54) is 29.4 Å². The standard InChI is InChI=1S/C17H18N2O2S/c1-8-4-5-11-9(2)7-13-14(16(18)21)17(19-10(3)20)22-15(13)12(11)6-8/h4-6,9H,7H2,1-3H3,(H2,18,21)(H,19,20). The van der Waals surface area contributed by atoms with Gasteiger partial charge in [-0.3, -0.25) is 9.59 Å². The van der Waals surface area contributed by atoms with Crippen LogP contribution in [0.25, 0.3) is 10.4 Å². The van der Waals surface area contributed by atoms with Crippen LogP contribution in [-0.4, -0.2) is 11.8 Å². The SMILES string of the molecule is CC(=O)Nc1sc2c(c1C(N)=O)CC(C)c1ccc(C)cc1-2. The Morgan fingerprint density at radius 3 is 2.73 bits per heavy atom. The van der Waals surface area contributed by atoms with E-state index in [0.717, 1.165) is 22.4 Å². The number of carbonyl (C=O) groups excluding carboxylic acids is 2. The number of fused-ring (bicyclic) bond motifs is 3. The molecule has 0 spiro atoms. The van der Waals surface area contributed by atoms with E-state index in [1.807, 2.05) is 0 Å². The van der Waals surface area contributed by atoms with Gasteiger partial charge in [-0.25, -0.2) is 0 Å². The predicted molar refractivity (Wildman–Crippen MR) is 89.4 cm³/mol. The van der Waals surface area contributed by atoms with Gasteiger partial charge >= 0.3 is 0 Å². The first-order valence-corrected chi connectivity index (χ1v) is 8.04. The fraction of sp³-hybridized carbons (Fsp3) is 0.294. The summed E-state index contributed by atoms with van der Waals surface area (Å²) in [4.78, 5) is 24.4. The van der Waals surface area contributed by atoms with Gasteiger partial charge in [0.1, 0.15) is 5.00 Å². The number of hydrogen-bond donors (Lipinski definition) is 2. The number of rotatable bonds is 2. The van der Waals surface area contributed by atoms with Crippen molar-refractivity contribution >= 4 is 28.2 Å². The molecule has 1 aliphatic rings. The van der Waals surface area contributed by atoms with Crippen LogP contribution in [0.2, 0.25) is 0 Å². The van der Waals surface area contributed by atoms with Crippen LogP contribution in [0, 0.1) is 6.92 Å². The Bertz CT molecular complexity index is 792. The van der Waals surface area contributed by atoms with Crippen LogP contribution in [0.4, 0.5) is 5.00 Å². The number of aryl methyl sites for hydroxylation is 1. The van der Waals surface area contributed by atoms with Crippen LogP contribution in [0.3, 0.4) is 0 Å². The number of nitrogens with one attached hydrogen (secondary N) is 1. The second-order valence-electron chi connectivity index (χ2n) is 5.86. The van der Waals surface area contributed by atoms with Gasteiger partial charge < -0.3 is 11.1 Å². The third kappa shape index (κ3) is 2.31.